The number of hydrogen-bond acceptors (Lipinski definition) is 5. The van der Waals surface area contributed by atoms with Gasteiger partial charge in [0.1, 0.15) is 0 Å². The Morgan fingerprint density at radius 1 is 0.957 bits per heavy atom. The molecule has 0 radical (unpaired) electrons. The largest absolute Gasteiger partial charge is 0.443 e. The maximum Gasteiger partial charge on any atom is 0.227 e. The van der Waals surface area contributed by atoms with E-state index in [0.29, 0.717) is 12.3 Å². The molecule has 3 aromatic rings. The molecule has 23 heavy (non-hydrogen) atoms. The summed E-state index contributed by atoms with van der Waals surface area (Å²) in [6.45, 7) is -0.0246. The minimum Gasteiger partial charge on any atom is -0.443 e. The Balaban J connectivity index is 2.00. The zero-order valence-corrected chi connectivity index (χ0v) is 13.2. The zero-order valence-electron chi connectivity index (χ0n) is 12.3. The van der Waals surface area contributed by atoms with Crippen LogP contribution in [0.2, 0.25) is 0 Å². The normalized spacial score (nSPS) is 11.5. The lowest BCUT2D eigenvalue weighted by Gasteiger charge is -2.01. The second kappa shape index (κ2) is 6.36. The maximum atomic E-state index is 12.7. The molecule has 0 aliphatic carbocycles. The van der Waals surface area contributed by atoms with Crippen molar-refractivity contribution in [2.75, 3.05) is 0 Å². The van der Waals surface area contributed by atoms with Crippen LogP contribution >= 0.6 is 0 Å². The van der Waals surface area contributed by atoms with Gasteiger partial charge in [-0.1, -0.05) is 48.5 Å². The molecule has 3 rings (SSSR count). The molecule has 118 valence electrons. The van der Waals surface area contributed by atoms with E-state index in [1.807, 2.05) is 30.3 Å². The Kier molecular flexibility index (Phi) is 4.27. The standard InChI is InChI=1S/C17H16N2O3S/c18-12-15-17(23(20,21)14-9-5-2-6-10-14)19-16(22-15)11-13-7-3-1-4-8-13/h1-10H,11-12,18H2. The molecule has 0 aliphatic rings. The first-order valence-corrected chi connectivity index (χ1v) is 8.62. The molecule has 0 saturated carbocycles. The van der Waals surface area contributed by atoms with Crippen molar-refractivity contribution >= 4 is 9.84 Å². The number of nitrogens with two attached hydrogens (primary N) is 1. The van der Waals surface area contributed by atoms with Crippen LogP contribution < -0.4 is 5.73 Å². The second-order valence-electron chi connectivity index (χ2n) is 5.02. The van der Waals surface area contributed by atoms with Gasteiger partial charge in [0.25, 0.3) is 0 Å². The number of oxazole rings is 1. The highest BCUT2D eigenvalue weighted by atomic mass is 32.2. The number of hydrogen-bond donors (Lipinski definition) is 1. The molecule has 0 bridgehead atoms. The van der Waals surface area contributed by atoms with Crippen LogP contribution in [0, 0.1) is 0 Å². The van der Waals surface area contributed by atoms with Gasteiger partial charge < -0.3 is 10.2 Å². The van der Waals surface area contributed by atoms with Gasteiger partial charge in [0.15, 0.2) is 11.7 Å². The van der Waals surface area contributed by atoms with Crippen molar-refractivity contribution in [1.82, 2.24) is 4.98 Å². The van der Waals surface area contributed by atoms with Crippen molar-refractivity contribution in [3.05, 3.63) is 77.9 Å². The van der Waals surface area contributed by atoms with E-state index in [-0.39, 0.29) is 22.2 Å². The van der Waals surface area contributed by atoms with Gasteiger partial charge in [0, 0.05) is 6.42 Å². The minimum atomic E-state index is -3.74. The van der Waals surface area contributed by atoms with Gasteiger partial charge >= 0.3 is 0 Å². The van der Waals surface area contributed by atoms with Crippen LogP contribution in [0.4, 0.5) is 0 Å². The highest BCUT2D eigenvalue weighted by Crippen LogP contribution is 2.25. The molecule has 0 unspecified atom stereocenters. The summed E-state index contributed by atoms with van der Waals surface area (Å²) < 4.78 is 31.0. The summed E-state index contributed by atoms with van der Waals surface area (Å²) in [5.74, 6) is 0.519. The Labute approximate surface area is 134 Å². The number of rotatable bonds is 5. The van der Waals surface area contributed by atoms with E-state index in [1.54, 1.807) is 18.2 Å². The lowest BCUT2D eigenvalue weighted by molar-refractivity contribution is 0.461. The molecule has 2 N–H and O–H groups in total. The quantitative estimate of drug-likeness (QED) is 0.778. The fourth-order valence-electron chi connectivity index (χ4n) is 2.28. The van der Waals surface area contributed by atoms with Crippen molar-refractivity contribution in [3.8, 4) is 0 Å². The maximum absolute atomic E-state index is 12.7. The van der Waals surface area contributed by atoms with Crippen molar-refractivity contribution in [2.45, 2.75) is 22.9 Å². The Bertz CT molecular complexity index is 888. The first-order chi connectivity index (χ1) is 11.1. The van der Waals surface area contributed by atoms with Crippen LogP contribution in [0.5, 0.6) is 0 Å². The number of sulfone groups is 1. The van der Waals surface area contributed by atoms with Crippen molar-refractivity contribution in [3.63, 3.8) is 0 Å². The topological polar surface area (TPSA) is 86.2 Å². The first kappa shape index (κ1) is 15.5. The monoisotopic (exact) mass is 328 g/mol. The summed E-state index contributed by atoms with van der Waals surface area (Å²) in [4.78, 5) is 4.36. The van der Waals surface area contributed by atoms with Gasteiger partial charge in [-0.05, 0) is 17.7 Å². The fourth-order valence-corrected chi connectivity index (χ4v) is 3.67. The van der Waals surface area contributed by atoms with Crippen molar-refractivity contribution < 1.29 is 12.8 Å². The van der Waals surface area contributed by atoms with E-state index in [1.165, 1.54) is 12.1 Å². The van der Waals surface area contributed by atoms with E-state index in [2.05, 4.69) is 4.98 Å². The average Bonchev–Trinajstić information content (AvgIpc) is 3.00. The molecule has 0 spiro atoms. The van der Waals surface area contributed by atoms with Gasteiger partial charge in [-0.15, -0.1) is 0 Å². The highest BCUT2D eigenvalue weighted by Gasteiger charge is 2.26. The third-order valence-electron chi connectivity index (χ3n) is 3.40. The zero-order chi connectivity index (χ0) is 16.3. The molecule has 0 atom stereocenters. The summed E-state index contributed by atoms with van der Waals surface area (Å²) >= 11 is 0. The molecule has 6 heteroatoms. The summed E-state index contributed by atoms with van der Waals surface area (Å²) in [6.07, 6.45) is 0.415. The summed E-state index contributed by atoms with van der Waals surface area (Å²) in [5.41, 5.74) is 6.62. The lowest BCUT2D eigenvalue weighted by atomic mass is 10.2. The van der Waals surface area contributed by atoms with E-state index < -0.39 is 9.84 Å². The predicted molar refractivity (Wildman–Crippen MR) is 85.5 cm³/mol. The third kappa shape index (κ3) is 3.18. The van der Waals surface area contributed by atoms with Crippen LogP contribution in [0.3, 0.4) is 0 Å². The summed E-state index contributed by atoms with van der Waals surface area (Å²) in [7, 11) is -3.74. The lowest BCUT2D eigenvalue weighted by Crippen LogP contribution is -2.07. The molecule has 0 amide bonds. The van der Waals surface area contributed by atoms with Gasteiger partial charge in [0.05, 0.1) is 11.4 Å². The van der Waals surface area contributed by atoms with Crippen molar-refractivity contribution in [1.29, 1.82) is 0 Å². The average molecular weight is 328 g/mol. The van der Waals surface area contributed by atoms with Crippen LogP contribution in [0.25, 0.3) is 0 Å². The summed E-state index contributed by atoms with van der Waals surface area (Å²) in [5, 5.41) is -0.0999. The van der Waals surface area contributed by atoms with E-state index >= 15 is 0 Å². The molecule has 0 fully saturated rings. The van der Waals surface area contributed by atoms with Gasteiger partial charge in [-0.2, -0.15) is 0 Å². The van der Waals surface area contributed by atoms with Crippen LogP contribution in [-0.2, 0) is 22.8 Å². The SMILES string of the molecule is NCc1oc(Cc2ccccc2)nc1S(=O)(=O)c1ccccc1. The van der Waals surface area contributed by atoms with Gasteiger partial charge in [0.2, 0.25) is 14.9 Å². The van der Waals surface area contributed by atoms with E-state index in [4.69, 9.17) is 10.2 Å². The molecule has 0 aliphatic heterocycles. The van der Waals surface area contributed by atoms with E-state index in [0.717, 1.165) is 5.56 Å². The second-order valence-corrected chi connectivity index (χ2v) is 6.88. The highest BCUT2D eigenvalue weighted by molar-refractivity contribution is 7.91. The molecule has 2 aromatic carbocycles. The Hall–Kier alpha value is -2.44. The first-order valence-electron chi connectivity index (χ1n) is 7.14. The molecule has 5 nitrogen and oxygen atoms in total. The van der Waals surface area contributed by atoms with Crippen LogP contribution in [-0.4, -0.2) is 13.4 Å². The third-order valence-corrected chi connectivity index (χ3v) is 5.12. The number of nitrogens with zero attached hydrogens (tertiary/aromatic N) is 1. The van der Waals surface area contributed by atoms with Crippen LogP contribution in [0.15, 0.2) is 75.0 Å². The Morgan fingerprint density at radius 3 is 2.17 bits per heavy atom. The van der Waals surface area contributed by atoms with Gasteiger partial charge in [-0.25, -0.2) is 13.4 Å². The van der Waals surface area contributed by atoms with Gasteiger partial charge in [-0.3, -0.25) is 0 Å². The fraction of sp³-hybridized carbons (Fsp3) is 0.118. The summed E-state index contributed by atoms with van der Waals surface area (Å²) in [6, 6.07) is 17.7. The number of aromatic nitrogens is 1. The predicted octanol–water partition coefficient (Wildman–Crippen LogP) is 2.56. The molecule has 0 saturated heterocycles. The molecule has 1 heterocycles. The van der Waals surface area contributed by atoms with E-state index in [9.17, 15) is 8.42 Å². The smallest absolute Gasteiger partial charge is 0.227 e. The Morgan fingerprint density at radius 2 is 1.57 bits per heavy atom. The minimum absolute atomic E-state index is 0.0246. The molecular formula is C17H16N2O3S. The number of benzene rings is 2. The molecular weight excluding hydrogens is 312 g/mol. The van der Waals surface area contributed by atoms with Crippen LogP contribution in [0.1, 0.15) is 17.2 Å². The van der Waals surface area contributed by atoms with Crippen molar-refractivity contribution in [2.24, 2.45) is 5.73 Å². The molecule has 1 aromatic heterocycles.